The van der Waals surface area contributed by atoms with Crippen molar-refractivity contribution in [3.63, 3.8) is 0 Å². The molecule has 1 atom stereocenters. The minimum Gasteiger partial charge on any atom is -0.406 e. The van der Waals surface area contributed by atoms with Gasteiger partial charge in [-0.2, -0.15) is 5.10 Å². The number of ether oxygens (including phenoxy) is 1. The number of nitrogens with zero attached hydrogens (tertiary/aromatic N) is 2. The minimum atomic E-state index is -4.75. The fraction of sp³-hybridized carbons (Fsp3) is 0.375. The summed E-state index contributed by atoms with van der Waals surface area (Å²) in [4.78, 5) is 12.3. The lowest BCUT2D eigenvalue weighted by molar-refractivity contribution is -0.274. The number of hydrogen-bond donors (Lipinski definition) is 1. The van der Waals surface area contributed by atoms with Crippen LogP contribution in [0.4, 0.5) is 19.0 Å². The molecule has 2 aromatic rings. The molecule has 128 valence electrons. The minimum absolute atomic E-state index is 0.192. The maximum Gasteiger partial charge on any atom is 0.573 e. The molecule has 3 rings (SSSR count). The first kappa shape index (κ1) is 16.4. The second-order valence-corrected chi connectivity index (χ2v) is 5.77. The molecule has 24 heavy (non-hydrogen) atoms. The van der Waals surface area contributed by atoms with Crippen molar-refractivity contribution in [2.24, 2.45) is 5.92 Å². The molecule has 0 aliphatic heterocycles. The number of carbonyl (C=O) groups is 1. The van der Waals surface area contributed by atoms with Crippen molar-refractivity contribution < 1.29 is 22.7 Å². The number of rotatable bonds is 5. The van der Waals surface area contributed by atoms with Crippen LogP contribution in [0, 0.1) is 5.92 Å². The quantitative estimate of drug-likeness (QED) is 0.896. The Morgan fingerprint density at radius 3 is 2.54 bits per heavy atom. The summed E-state index contributed by atoms with van der Waals surface area (Å²) in [6, 6.07) is 6.65. The van der Waals surface area contributed by atoms with Crippen LogP contribution in [0.15, 0.2) is 36.5 Å². The lowest BCUT2D eigenvalue weighted by atomic mass is 10.2. The molecule has 1 unspecified atom stereocenters. The Hall–Kier alpha value is -2.51. The van der Waals surface area contributed by atoms with E-state index < -0.39 is 12.3 Å². The van der Waals surface area contributed by atoms with Gasteiger partial charge in [-0.05, 0) is 49.9 Å². The molecule has 1 aliphatic rings. The third kappa shape index (κ3) is 3.87. The monoisotopic (exact) mass is 339 g/mol. The second kappa shape index (κ2) is 6.18. The van der Waals surface area contributed by atoms with Crippen LogP contribution in [-0.4, -0.2) is 22.1 Å². The van der Waals surface area contributed by atoms with E-state index >= 15 is 0 Å². The number of benzene rings is 1. The Morgan fingerprint density at radius 1 is 1.29 bits per heavy atom. The van der Waals surface area contributed by atoms with Crippen LogP contribution >= 0.6 is 0 Å². The third-order valence-corrected chi connectivity index (χ3v) is 3.95. The van der Waals surface area contributed by atoms with Crippen molar-refractivity contribution in [1.29, 1.82) is 0 Å². The van der Waals surface area contributed by atoms with Crippen LogP contribution in [0.25, 0.3) is 0 Å². The largest absolute Gasteiger partial charge is 0.573 e. The molecule has 1 aliphatic carbocycles. The van der Waals surface area contributed by atoms with Crippen LogP contribution < -0.4 is 10.1 Å². The van der Waals surface area contributed by atoms with Gasteiger partial charge in [-0.15, -0.1) is 13.2 Å². The van der Waals surface area contributed by atoms with E-state index in [0.29, 0.717) is 11.7 Å². The van der Waals surface area contributed by atoms with Crippen molar-refractivity contribution in [2.45, 2.75) is 32.2 Å². The van der Waals surface area contributed by atoms with Gasteiger partial charge in [0.15, 0.2) is 0 Å². The second-order valence-electron chi connectivity index (χ2n) is 5.77. The molecule has 0 spiro atoms. The van der Waals surface area contributed by atoms with Gasteiger partial charge in [-0.1, -0.05) is 0 Å². The van der Waals surface area contributed by atoms with Crippen LogP contribution in [0.2, 0.25) is 0 Å². The van der Waals surface area contributed by atoms with Gasteiger partial charge in [0.2, 0.25) is 0 Å². The maximum atomic E-state index is 12.3. The van der Waals surface area contributed by atoms with E-state index in [4.69, 9.17) is 0 Å². The Bertz CT molecular complexity index is 721. The van der Waals surface area contributed by atoms with Gasteiger partial charge in [0.05, 0.1) is 12.2 Å². The van der Waals surface area contributed by atoms with Crippen LogP contribution in [0.3, 0.4) is 0 Å². The van der Waals surface area contributed by atoms with Crippen molar-refractivity contribution in [3.05, 3.63) is 42.1 Å². The summed E-state index contributed by atoms with van der Waals surface area (Å²) in [7, 11) is 0. The highest BCUT2D eigenvalue weighted by Crippen LogP contribution is 2.40. The Morgan fingerprint density at radius 2 is 1.96 bits per heavy atom. The number of hydrogen-bond acceptors (Lipinski definition) is 3. The topological polar surface area (TPSA) is 56.2 Å². The molecule has 0 saturated heterocycles. The van der Waals surface area contributed by atoms with Gasteiger partial charge < -0.3 is 10.1 Å². The molecule has 1 saturated carbocycles. The van der Waals surface area contributed by atoms with Crippen molar-refractivity contribution in [2.75, 3.05) is 5.32 Å². The summed E-state index contributed by atoms with van der Waals surface area (Å²) in [6.45, 7) is 2.05. The first-order valence-corrected chi connectivity index (χ1v) is 7.54. The van der Waals surface area contributed by atoms with Crippen molar-refractivity contribution in [3.8, 4) is 5.75 Å². The first-order chi connectivity index (χ1) is 11.3. The van der Waals surface area contributed by atoms with Crippen molar-refractivity contribution >= 4 is 11.7 Å². The first-order valence-electron chi connectivity index (χ1n) is 7.54. The van der Waals surface area contributed by atoms with Gasteiger partial charge in [0, 0.05) is 11.6 Å². The predicted octanol–water partition coefficient (Wildman–Crippen LogP) is 4.01. The van der Waals surface area contributed by atoms with E-state index in [-0.39, 0.29) is 17.4 Å². The van der Waals surface area contributed by atoms with E-state index in [0.717, 1.165) is 25.0 Å². The third-order valence-electron chi connectivity index (χ3n) is 3.95. The molecule has 1 heterocycles. The highest BCUT2D eigenvalue weighted by atomic mass is 19.4. The lowest BCUT2D eigenvalue weighted by Gasteiger charge is -2.15. The molecule has 1 N–H and O–H groups in total. The normalized spacial score (nSPS) is 15.8. The fourth-order valence-electron chi connectivity index (χ4n) is 2.51. The summed E-state index contributed by atoms with van der Waals surface area (Å²) < 4.78 is 41.9. The SMILES string of the molecule is CC(C1CC1)n1nccc1NC(=O)c1ccc(OC(F)(F)F)cc1. The number of carbonyl (C=O) groups excluding carboxylic acids is 1. The molecule has 1 aromatic heterocycles. The highest BCUT2D eigenvalue weighted by molar-refractivity contribution is 6.03. The average Bonchev–Trinajstić information content (AvgIpc) is 3.26. The van der Waals surface area contributed by atoms with Crippen LogP contribution in [-0.2, 0) is 0 Å². The lowest BCUT2D eigenvalue weighted by Crippen LogP contribution is -2.19. The maximum absolute atomic E-state index is 12.3. The molecule has 0 bridgehead atoms. The molecule has 0 radical (unpaired) electrons. The van der Waals surface area contributed by atoms with Gasteiger partial charge in [-0.3, -0.25) is 4.79 Å². The van der Waals surface area contributed by atoms with Crippen LogP contribution in [0.5, 0.6) is 5.75 Å². The van der Waals surface area contributed by atoms with E-state index in [1.165, 1.54) is 12.1 Å². The van der Waals surface area contributed by atoms with Gasteiger partial charge in [-0.25, -0.2) is 4.68 Å². The smallest absolute Gasteiger partial charge is 0.406 e. The number of nitrogens with one attached hydrogen (secondary N) is 1. The van der Waals surface area contributed by atoms with E-state index in [1.807, 2.05) is 6.92 Å². The molecule has 1 aromatic carbocycles. The number of aromatic nitrogens is 2. The van der Waals surface area contributed by atoms with Gasteiger partial charge >= 0.3 is 6.36 Å². The summed E-state index contributed by atoms with van der Waals surface area (Å²) >= 11 is 0. The number of alkyl halides is 3. The zero-order valence-electron chi connectivity index (χ0n) is 12.9. The number of anilines is 1. The summed E-state index contributed by atoms with van der Waals surface area (Å²) in [6.07, 6.45) is -0.853. The number of amides is 1. The fourth-order valence-corrected chi connectivity index (χ4v) is 2.51. The standard InChI is InChI=1S/C16H16F3N3O2/c1-10(11-2-3-11)22-14(8-9-20-22)21-15(23)12-4-6-13(7-5-12)24-16(17,18)19/h4-11H,2-3H2,1H3,(H,21,23). The molecule has 8 heteroatoms. The molecule has 1 amide bonds. The Labute approximate surface area is 136 Å². The predicted molar refractivity (Wildman–Crippen MR) is 80.7 cm³/mol. The molecular formula is C16H16F3N3O2. The molecular weight excluding hydrogens is 323 g/mol. The summed E-state index contributed by atoms with van der Waals surface area (Å²) in [5, 5.41) is 6.97. The number of halogens is 3. The Kier molecular flexibility index (Phi) is 4.21. The van der Waals surface area contributed by atoms with Crippen molar-refractivity contribution in [1.82, 2.24) is 9.78 Å². The highest BCUT2D eigenvalue weighted by Gasteiger charge is 2.32. The van der Waals surface area contributed by atoms with E-state index in [2.05, 4.69) is 15.2 Å². The van der Waals surface area contributed by atoms with Crippen LogP contribution in [0.1, 0.15) is 36.2 Å². The zero-order chi connectivity index (χ0) is 17.3. The average molecular weight is 339 g/mol. The van der Waals surface area contributed by atoms with Gasteiger partial charge in [0.1, 0.15) is 11.6 Å². The van der Waals surface area contributed by atoms with E-state index in [9.17, 15) is 18.0 Å². The zero-order valence-corrected chi connectivity index (χ0v) is 12.9. The van der Waals surface area contributed by atoms with Gasteiger partial charge in [0.25, 0.3) is 5.91 Å². The summed E-state index contributed by atoms with van der Waals surface area (Å²) in [5.74, 6) is 0.346. The Balaban J connectivity index is 1.68. The van der Waals surface area contributed by atoms with E-state index in [1.54, 1.807) is 16.9 Å². The summed E-state index contributed by atoms with van der Waals surface area (Å²) in [5.41, 5.74) is 0.233. The molecule has 1 fully saturated rings. The molecule has 5 nitrogen and oxygen atoms in total.